The van der Waals surface area contributed by atoms with Crippen molar-refractivity contribution in [1.29, 1.82) is 0 Å². The third kappa shape index (κ3) is 2.09. The molecule has 1 atom stereocenters. The van der Waals surface area contributed by atoms with Crippen LogP contribution in [0, 0.1) is 0 Å². The molecule has 0 saturated carbocycles. The molecule has 0 aliphatic heterocycles. The van der Waals surface area contributed by atoms with E-state index in [0.29, 0.717) is 36.5 Å². The summed E-state index contributed by atoms with van der Waals surface area (Å²) in [5.41, 5.74) is 2.02. The van der Waals surface area contributed by atoms with E-state index in [4.69, 9.17) is 14.0 Å². The molecule has 1 aromatic carbocycles. The first-order chi connectivity index (χ1) is 8.21. The molecular weight excluding hydrogens is 239 g/mol. The van der Waals surface area contributed by atoms with Gasteiger partial charge < -0.3 is 14.0 Å². The summed E-state index contributed by atoms with van der Waals surface area (Å²) in [5, 5.41) is 0. The second-order valence-electron chi connectivity index (χ2n) is 3.91. The molecule has 1 aromatic rings. The maximum Gasteiger partial charge on any atom is 0.203 e. The Morgan fingerprint density at radius 2 is 1.88 bits per heavy atom. The number of benzene rings is 1. The number of ether oxygens (including phenoxy) is 2. The minimum Gasteiger partial charge on any atom is -0.492 e. The molecule has 0 N–H and O–H groups in total. The number of ketones is 1. The lowest BCUT2D eigenvalue weighted by Gasteiger charge is -2.21. The molecule has 0 bridgehead atoms. The maximum absolute atomic E-state index is 11.5. The third-order valence-electron chi connectivity index (χ3n) is 2.97. The first kappa shape index (κ1) is 12.2. The summed E-state index contributed by atoms with van der Waals surface area (Å²) in [6, 6.07) is 1.85. The maximum atomic E-state index is 11.5. The molecule has 0 saturated heterocycles. The van der Waals surface area contributed by atoms with Gasteiger partial charge in [0.25, 0.3) is 0 Å². The molecule has 1 aliphatic rings. The van der Waals surface area contributed by atoms with Crippen molar-refractivity contribution in [3.8, 4) is 17.2 Å². The number of hydrogen-bond donors (Lipinski definition) is 0. The lowest BCUT2D eigenvalue weighted by molar-refractivity contribution is -0.118. The Morgan fingerprint density at radius 3 is 2.47 bits per heavy atom. The highest BCUT2D eigenvalue weighted by molar-refractivity contribution is 7.10. The molecule has 92 valence electrons. The van der Waals surface area contributed by atoms with E-state index in [0.717, 1.165) is 11.1 Å². The van der Waals surface area contributed by atoms with Crippen LogP contribution in [0.3, 0.4) is 0 Å². The Bertz CT molecular complexity index is 456. The zero-order valence-corrected chi connectivity index (χ0v) is 11.1. The van der Waals surface area contributed by atoms with E-state index in [1.54, 1.807) is 14.2 Å². The molecular formula is C12H15O4P. The van der Waals surface area contributed by atoms with E-state index in [9.17, 15) is 4.79 Å². The zero-order valence-electron chi connectivity index (χ0n) is 9.91. The van der Waals surface area contributed by atoms with Gasteiger partial charge in [-0.25, -0.2) is 0 Å². The van der Waals surface area contributed by atoms with Gasteiger partial charge >= 0.3 is 0 Å². The number of carbonyl (C=O) groups excluding carboxylic acids is 1. The van der Waals surface area contributed by atoms with E-state index >= 15 is 0 Å². The second-order valence-corrected chi connectivity index (χ2v) is 4.15. The molecule has 0 heterocycles. The van der Waals surface area contributed by atoms with Crippen molar-refractivity contribution in [1.82, 2.24) is 0 Å². The van der Waals surface area contributed by atoms with Crippen LogP contribution in [-0.4, -0.2) is 20.0 Å². The summed E-state index contributed by atoms with van der Waals surface area (Å²) in [6.07, 6.45) is 1.70. The summed E-state index contributed by atoms with van der Waals surface area (Å²) >= 11 is 0. The summed E-state index contributed by atoms with van der Waals surface area (Å²) in [5.74, 6) is 2.08. The molecule has 0 fully saturated rings. The van der Waals surface area contributed by atoms with Crippen molar-refractivity contribution in [2.75, 3.05) is 14.2 Å². The Kier molecular flexibility index (Phi) is 3.53. The van der Waals surface area contributed by atoms with Crippen LogP contribution in [0.5, 0.6) is 17.2 Å². The highest BCUT2D eigenvalue weighted by Crippen LogP contribution is 2.44. The average Bonchev–Trinajstić information content (AvgIpc) is 2.35. The Balaban J connectivity index is 2.61. The fraction of sp³-hybridized carbons (Fsp3) is 0.417. The van der Waals surface area contributed by atoms with Crippen LogP contribution in [-0.2, 0) is 17.6 Å². The van der Waals surface area contributed by atoms with E-state index in [1.807, 2.05) is 6.07 Å². The van der Waals surface area contributed by atoms with Crippen LogP contribution >= 0.6 is 9.47 Å². The van der Waals surface area contributed by atoms with Crippen molar-refractivity contribution >= 4 is 15.2 Å². The molecule has 5 heteroatoms. The summed E-state index contributed by atoms with van der Waals surface area (Å²) in [7, 11) is 5.35. The summed E-state index contributed by atoms with van der Waals surface area (Å²) in [4.78, 5) is 11.5. The molecule has 1 unspecified atom stereocenters. The minimum absolute atomic E-state index is 0.249. The zero-order chi connectivity index (χ0) is 12.4. The lowest BCUT2D eigenvalue weighted by atomic mass is 9.89. The van der Waals surface area contributed by atoms with Gasteiger partial charge in [0.15, 0.2) is 11.5 Å². The topological polar surface area (TPSA) is 44.8 Å². The number of carbonyl (C=O) groups is 1. The number of hydrogen-bond acceptors (Lipinski definition) is 4. The van der Waals surface area contributed by atoms with Crippen LogP contribution in [0.2, 0.25) is 0 Å². The highest BCUT2D eigenvalue weighted by atomic mass is 31.0. The SMILES string of the molecule is COc1c(OP)cc2c(c1OC)CCC(=O)C2. The quantitative estimate of drug-likeness (QED) is 0.773. The van der Waals surface area contributed by atoms with Crippen molar-refractivity contribution in [3.63, 3.8) is 0 Å². The molecule has 2 rings (SSSR count). The first-order valence-electron chi connectivity index (χ1n) is 5.36. The molecule has 0 radical (unpaired) electrons. The first-order valence-corrected chi connectivity index (χ1v) is 5.83. The molecule has 17 heavy (non-hydrogen) atoms. The standard InChI is InChI=1S/C12H15O4P/c1-14-11-9-4-3-8(13)5-7(9)6-10(16-17)12(11)15-2/h6H,3-5,17H2,1-2H3. The molecule has 0 amide bonds. The van der Waals surface area contributed by atoms with Crippen molar-refractivity contribution in [2.45, 2.75) is 19.3 Å². The van der Waals surface area contributed by atoms with Gasteiger partial charge in [-0.3, -0.25) is 4.79 Å². The lowest BCUT2D eigenvalue weighted by Crippen LogP contribution is -2.15. The Morgan fingerprint density at radius 1 is 1.18 bits per heavy atom. The monoisotopic (exact) mass is 254 g/mol. The van der Waals surface area contributed by atoms with Gasteiger partial charge in [0.05, 0.1) is 23.7 Å². The van der Waals surface area contributed by atoms with E-state index in [-0.39, 0.29) is 5.78 Å². The van der Waals surface area contributed by atoms with Gasteiger partial charge in [-0.2, -0.15) is 0 Å². The van der Waals surface area contributed by atoms with Gasteiger partial charge in [0, 0.05) is 18.4 Å². The van der Waals surface area contributed by atoms with Crippen LogP contribution in [0.1, 0.15) is 17.5 Å². The number of fused-ring (bicyclic) bond motifs is 1. The van der Waals surface area contributed by atoms with Gasteiger partial charge in [0.2, 0.25) is 5.75 Å². The molecule has 0 aromatic heterocycles. The normalized spacial score (nSPS) is 14.2. The van der Waals surface area contributed by atoms with Gasteiger partial charge in [-0.05, 0) is 18.1 Å². The molecule has 0 spiro atoms. The van der Waals surface area contributed by atoms with Gasteiger partial charge in [-0.15, -0.1) is 0 Å². The van der Waals surface area contributed by atoms with Crippen molar-refractivity contribution < 1.29 is 18.8 Å². The predicted octanol–water partition coefficient (Wildman–Crippen LogP) is 1.93. The van der Waals surface area contributed by atoms with Crippen LogP contribution in [0.25, 0.3) is 0 Å². The Hall–Kier alpha value is -1.28. The molecule has 4 nitrogen and oxygen atoms in total. The van der Waals surface area contributed by atoms with Gasteiger partial charge in [-0.1, -0.05) is 0 Å². The fourth-order valence-electron chi connectivity index (χ4n) is 2.20. The van der Waals surface area contributed by atoms with Crippen LogP contribution in [0.15, 0.2) is 6.07 Å². The van der Waals surface area contributed by atoms with Gasteiger partial charge in [0.1, 0.15) is 5.78 Å². The highest BCUT2D eigenvalue weighted by Gasteiger charge is 2.25. The largest absolute Gasteiger partial charge is 0.492 e. The third-order valence-corrected chi connectivity index (χ3v) is 3.23. The van der Waals surface area contributed by atoms with Crippen LogP contribution < -0.4 is 14.0 Å². The number of rotatable bonds is 3. The van der Waals surface area contributed by atoms with E-state index in [1.165, 1.54) is 0 Å². The minimum atomic E-state index is 0.249. The molecule has 1 aliphatic carbocycles. The van der Waals surface area contributed by atoms with E-state index in [2.05, 4.69) is 9.47 Å². The van der Waals surface area contributed by atoms with Crippen molar-refractivity contribution in [3.05, 3.63) is 17.2 Å². The Labute approximate surface area is 103 Å². The fourth-order valence-corrected chi connectivity index (χ4v) is 2.37. The van der Waals surface area contributed by atoms with E-state index < -0.39 is 0 Å². The number of methoxy groups -OCH3 is 2. The second kappa shape index (κ2) is 4.92. The van der Waals surface area contributed by atoms with Crippen LogP contribution in [0.4, 0.5) is 0 Å². The summed E-state index contributed by atoms with van der Waals surface area (Å²) < 4.78 is 15.9. The summed E-state index contributed by atoms with van der Waals surface area (Å²) in [6.45, 7) is 0. The average molecular weight is 254 g/mol. The number of Topliss-reactive ketones (excluding diaryl/α,β-unsaturated/α-hetero) is 1. The van der Waals surface area contributed by atoms with Crippen molar-refractivity contribution in [2.24, 2.45) is 0 Å². The predicted molar refractivity (Wildman–Crippen MR) is 66.9 cm³/mol. The smallest absolute Gasteiger partial charge is 0.203 e.